The third kappa shape index (κ3) is 6.27. The lowest BCUT2D eigenvalue weighted by Crippen LogP contribution is -2.51. The van der Waals surface area contributed by atoms with Crippen LogP contribution >= 0.6 is 11.6 Å². The van der Waals surface area contributed by atoms with Crippen LogP contribution in [-0.4, -0.2) is 58.0 Å². The highest BCUT2D eigenvalue weighted by atomic mass is 35.5. The Bertz CT molecular complexity index is 1710. The van der Waals surface area contributed by atoms with Gasteiger partial charge in [-0.1, -0.05) is 11.6 Å². The predicted octanol–water partition coefficient (Wildman–Crippen LogP) is 3.39. The van der Waals surface area contributed by atoms with Crippen LogP contribution in [0.5, 0.6) is 11.5 Å². The second-order valence-corrected chi connectivity index (χ2v) is 9.69. The third-order valence-electron chi connectivity index (χ3n) is 6.33. The molecule has 0 unspecified atom stereocenters. The number of hydrogen-bond acceptors (Lipinski definition) is 8. The number of aliphatic hydroxyl groups is 1. The van der Waals surface area contributed by atoms with Gasteiger partial charge >= 0.3 is 6.18 Å². The van der Waals surface area contributed by atoms with Gasteiger partial charge in [0, 0.05) is 23.4 Å². The molecule has 0 aliphatic heterocycles. The number of nitrogens with one attached hydrogen (secondary N) is 1. The molecule has 11 nitrogen and oxygen atoms in total. The zero-order valence-electron chi connectivity index (χ0n) is 22.6. The van der Waals surface area contributed by atoms with Gasteiger partial charge < -0.3 is 31.4 Å². The quantitative estimate of drug-likeness (QED) is 0.195. The van der Waals surface area contributed by atoms with Gasteiger partial charge in [-0.3, -0.25) is 9.59 Å². The first-order chi connectivity index (χ1) is 20.2. The first-order valence-corrected chi connectivity index (χ1v) is 12.9. The van der Waals surface area contributed by atoms with Crippen LogP contribution < -0.4 is 26.3 Å². The minimum absolute atomic E-state index is 0.00399. The van der Waals surface area contributed by atoms with E-state index in [0.717, 1.165) is 18.2 Å². The van der Waals surface area contributed by atoms with Gasteiger partial charge in [0.05, 0.1) is 43.0 Å². The van der Waals surface area contributed by atoms with Crippen LogP contribution in [0.1, 0.15) is 28.5 Å². The van der Waals surface area contributed by atoms with E-state index in [-0.39, 0.29) is 51.3 Å². The molecule has 0 saturated carbocycles. The number of alkyl halides is 3. The van der Waals surface area contributed by atoms with Crippen molar-refractivity contribution in [3.63, 3.8) is 0 Å². The van der Waals surface area contributed by atoms with Crippen LogP contribution in [0, 0.1) is 5.82 Å². The Morgan fingerprint density at radius 2 is 1.91 bits per heavy atom. The number of benzene rings is 1. The van der Waals surface area contributed by atoms with E-state index in [1.807, 2.05) is 0 Å². The van der Waals surface area contributed by atoms with Gasteiger partial charge in [0.25, 0.3) is 5.91 Å². The zero-order chi connectivity index (χ0) is 31.7. The number of primary amides is 1. The van der Waals surface area contributed by atoms with Crippen LogP contribution in [0.25, 0.3) is 16.8 Å². The van der Waals surface area contributed by atoms with Crippen LogP contribution in [0.3, 0.4) is 0 Å². The molecule has 0 fully saturated rings. The molecule has 1 aromatic carbocycles. The van der Waals surface area contributed by atoms with E-state index in [1.54, 1.807) is 6.92 Å². The molecule has 0 saturated heterocycles. The van der Waals surface area contributed by atoms with Crippen molar-refractivity contribution in [2.75, 3.05) is 26.0 Å². The van der Waals surface area contributed by atoms with Crippen LogP contribution in [0.2, 0.25) is 5.02 Å². The van der Waals surface area contributed by atoms with Crippen molar-refractivity contribution in [3.05, 3.63) is 70.3 Å². The number of ether oxygens (including phenoxy) is 2. The summed E-state index contributed by atoms with van der Waals surface area (Å²) in [7, 11) is 1.32. The number of halogens is 5. The van der Waals surface area contributed by atoms with Gasteiger partial charge in [0.1, 0.15) is 34.3 Å². The minimum Gasteiger partial charge on any atom is -0.494 e. The highest BCUT2D eigenvalue weighted by molar-refractivity contribution is 6.31. The molecular weight excluding hydrogens is 600 g/mol. The van der Waals surface area contributed by atoms with Crippen molar-refractivity contribution in [3.8, 4) is 22.8 Å². The molecule has 3 heterocycles. The monoisotopic (exact) mass is 624 g/mol. The van der Waals surface area contributed by atoms with Gasteiger partial charge in [-0.15, -0.1) is 0 Å². The SMILES string of the molecule is CCOc1c(CC(N)=O)cc([C@@](O)(CNC(=O)c2cc(OC)c3cc(N)nn3c2)C(F)(F)F)nc1-c1ccc(F)c(Cl)c1. The van der Waals surface area contributed by atoms with Crippen molar-refractivity contribution in [1.29, 1.82) is 0 Å². The molecule has 4 aromatic rings. The molecule has 0 aliphatic rings. The van der Waals surface area contributed by atoms with Crippen LogP contribution in [0.4, 0.5) is 23.4 Å². The molecule has 2 amide bonds. The molecule has 16 heteroatoms. The average molecular weight is 625 g/mol. The number of carbonyl (C=O) groups excluding carboxylic acids is 2. The van der Waals surface area contributed by atoms with Crippen LogP contribution in [-0.2, 0) is 16.8 Å². The van der Waals surface area contributed by atoms with Crippen molar-refractivity contribution >= 4 is 34.7 Å². The summed E-state index contributed by atoms with van der Waals surface area (Å²) < 4.78 is 69.7. The van der Waals surface area contributed by atoms with E-state index in [0.29, 0.717) is 5.52 Å². The maximum atomic E-state index is 14.6. The maximum absolute atomic E-state index is 14.6. The Labute approximate surface area is 246 Å². The third-order valence-corrected chi connectivity index (χ3v) is 6.62. The number of fused-ring (bicyclic) bond motifs is 1. The fraction of sp³-hybridized carbons (Fsp3) is 0.259. The number of hydrogen-bond donors (Lipinski definition) is 4. The molecular formula is C27H25ClF4N6O5. The normalized spacial score (nSPS) is 13.0. The Balaban J connectivity index is 1.82. The fourth-order valence-electron chi connectivity index (χ4n) is 4.28. The Morgan fingerprint density at radius 3 is 2.51 bits per heavy atom. The summed E-state index contributed by atoms with van der Waals surface area (Å²) in [5, 5.41) is 16.8. The summed E-state index contributed by atoms with van der Waals surface area (Å²) in [5.74, 6) is -2.61. The second kappa shape index (κ2) is 11.9. The number of anilines is 1. The molecule has 0 spiro atoms. The molecule has 3 aromatic heterocycles. The summed E-state index contributed by atoms with van der Waals surface area (Å²) in [4.78, 5) is 28.9. The number of rotatable bonds is 10. The summed E-state index contributed by atoms with van der Waals surface area (Å²) in [5.41, 5.74) is 6.09. The maximum Gasteiger partial charge on any atom is 0.424 e. The molecule has 6 N–H and O–H groups in total. The molecule has 0 aliphatic carbocycles. The molecule has 228 valence electrons. The first kappa shape index (κ1) is 31.3. The predicted molar refractivity (Wildman–Crippen MR) is 147 cm³/mol. The van der Waals surface area contributed by atoms with E-state index in [9.17, 15) is 32.3 Å². The van der Waals surface area contributed by atoms with Crippen LogP contribution in [0.15, 0.2) is 42.6 Å². The van der Waals surface area contributed by atoms with Crippen molar-refractivity contribution < 1.29 is 41.7 Å². The van der Waals surface area contributed by atoms with E-state index in [4.69, 9.17) is 32.5 Å². The van der Waals surface area contributed by atoms with Gasteiger partial charge in [-0.05, 0) is 37.3 Å². The lowest BCUT2D eigenvalue weighted by Gasteiger charge is -2.31. The van der Waals surface area contributed by atoms with Crippen molar-refractivity contribution in [2.45, 2.75) is 25.1 Å². The van der Waals surface area contributed by atoms with Gasteiger partial charge in [-0.25, -0.2) is 13.9 Å². The van der Waals surface area contributed by atoms with Gasteiger partial charge in [0.15, 0.2) is 0 Å². The van der Waals surface area contributed by atoms with E-state index in [2.05, 4.69) is 15.4 Å². The molecule has 0 radical (unpaired) electrons. The smallest absolute Gasteiger partial charge is 0.424 e. The highest BCUT2D eigenvalue weighted by Crippen LogP contribution is 2.42. The molecule has 0 bridgehead atoms. The average Bonchev–Trinajstić information content (AvgIpc) is 3.32. The number of nitrogens with two attached hydrogens (primary N) is 2. The molecule has 43 heavy (non-hydrogen) atoms. The van der Waals surface area contributed by atoms with Gasteiger partial charge in [0.2, 0.25) is 11.5 Å². The summed E-state index contributed by atoms with van der Waals surface area (Å²) in [6.07, 6.45) is -4.78. The second-order valence-electron chi connectivity index (χ2n) is 9.29. The number of pyridine rings is 2. The minimum atomic E-state index is -5.40. The zero-order valence-corrected chi connectivity index (χ0v) is 23.4. The lowest BCUT2D eigenvalue weighted by molar-refractivity contribution is -0.265. The van der Waals surface area contributed by atoms with Crippen molar-refractivity contribution in [1.82, 2.24) is 19.9 Å². The Morgan fingerprint density at radius 1 is 1.19 bits per heavy atom. The fourth-order valence-corrected chi connectivity index (χ4v) is 4.46. The molecule has 1 atom stereocenters. The number of methoxy groups -OCH3 is 1. The Hall–Kier alpha value is -4.63. The standard InChI is InChI=1S/C27H25ClF4N6O5/c1-3-43-24-14(9-22(34)39)8-20(36-23(24)13-4-5-17(29)16(28)6-13)26(41,27(30,31)32)12-35-25(40)15-7-19(42-2)18-10-21(33)37-38(18)11-15/h4-8,10-11,41H,3,9,12H2,1-2H3,(H2,33,37)(H2,34,39)(H,35,40)/t26-/m0/s1. The summed E-state index contributed by atoms with van der Waals surface area (Å²) >= 11 is 5.91. The van der Waals surface area contributed by atoms with Gasteiger partial charge in [-0.2, -0.15) is 18.3 Å². The number of nitrogen functional groups attached to an aromatic ring is 1. The largest absolute Gasteiger partial charge is 0.494 e. The lowest BCUT2D eigenvalue weighted by atomic mass is 9.93. The number of amides is 2. The summed E-state index contributed by atoms with van der Waals surface area (Å²) in [6.45, 7) is 0.177. The van der Waals surface area contributed by atoms with E-state index < -0.39 is 48.1 Å². The number of carbonyl (C=O) groups is 2. The number of nitrogens with zero attached hydrogens (tertiary/aromatic N) is 3. The van der Waals surface area contributed by atoms with E-state index in [1.165, 1.54) is 36.0 Å². The van der Waals surface area contributed by atoms with E-state index >= 15 is 0 Å². The van der Waals surface area contributed by atoms with Crippen molar-refractivity contribution in [2.24, 2.45) is 5.73 Å². The highest BCUT2D eigenvalue weighted by Gasteiger charge is 2.56. The topological polar surface area (TPSA) is 167 Å². The first-order valence-electron chi connectivity index (χ1n) is 12.5. The Kier molecular flexibility index (Phi) is 8.69. The summed E-state index contributed by atoms with van der Waals surface area (Å²) in [6, 6.07) is 6.78. The number of aromatic nitrogens is 3. The molecule has 4 rings (SSSR count).